The van der Waals surface area contributed by atoms with E-state index >= 15 is 0 Å². The predicted octanol–water partition coefficient (Wildman–Crippen LogP) is 10.3. The molecule has 0 saturated carbocycles. The summed E-state index contributed by atoms with van der Waals surface area (Å²) in [5, 5.41) is 12.0. The predicted molar refractivity (Wildman–Crippen MR) is 149 cm³/mol. The Morgan fingerprint density at radius 1 is 0.514 bits per heavy atom. The summed E-state index contributed by atoms with van der Waals surface area (Å²) in [6, 6.07) is 24.4. The van der Waals surface area contributed by atoms with Crippen molar-refractivity contribution in [1.29, 1.82) is 0 Å². The molecule has 35 heavy (non-hydrogen) atoms. The van der Waals surface area contributed by atoms with E-state index in [1.807, 2.05) is 72.8 Å². The van der Waals surface area contributed by atoms with Gasteiger partial charge in [-0.25, -0.2) is 0 Å². The maximum absolute atomic E-state index is 6.38. The van der Waals surface area contributed by atoms with E-state index in [2.05, 4.69) is 0 Å². The number of hydrogen-bond acceptors (Lipinski definition) is 2. The van der Waals surface area contributed by atoms with E-state index in [1.165, 1.54) is 0 Å². The molecular formula is C26H16Cl4N2NiS2-4. The van der Waals surface area contributed by atoms with E-state index in [9.17, 15) is 0 Å². The largest absolute Gasteiger partial charge is 0.781 e. The van der Waals surface area contributed by atoms with Crippen molar-refractivity contribution < 1.29 is 16.5 Å². The fourth-order valence-electron chi connectivity index (χ4n) is 3.57. The van der Waals surface area contributed by atoms with Gasteiger partial charge in [0.2, 0.25) is 0 Å². The van der Waals surface area contributed by atoms with Gasteiger partial charge in [-0.1, -0.05) is 106 Å². The van der Waals surface area contributed by atoms with Gasteiger partial charge in [0.25, 0.3) is 0 Å². The molecule has 0 amide bonds. The number of halogens is 4. The van der Waals surface area contributed by atoms with Crippen molar-refractivity contribution in [3.8, 4) is 0 Å². The average Bonchev–Trinajstić information content (AvgIpc) is 2.77. The first-order valence-electron chi connectivity index (χ1n) is 10.2. The van der Waals surface area contributed by atoms with E-state index in [-0.39, 0.29) is 16.5 Å². The molecule has 0 aliphatic rings. The number of hydrogen-bond donors (Lipinski definition) is 0. The van der Waals surface area contributed by atoms with Crippen LogP contribution in [-0.2, 0) is 41.7 Å². The minimum Gasteiger partial charge on any atom is -0.781 e. The van der Waals surface area contributed by atoms with Gasteiger partial charge in [0.15, 0.2) is 0 Å². The summed E-state index contributed by atoms with van der Waals surface area (Å²) in [7, 11) is 0. The Morgan fingerprint density at radius 2 is 0.829 bits per heavy atom. The number of para-hydroxylation sites is 2. The minimum absolute atomic E-state index is 0. The molecule has 0 aromatic heterocycles. The van der Waals surface area contributed by atoms with Crippen molar-refractivity contribution >= 4 is 83.0 Å². The van der Waals surface area contributed by atoms with E-state index in [0.717, 1.165) is 11.1 Å². The number of benzene rings is 4. The molecule has 0 N–H and O–H groups in total. The molecule has 184 valence electrons. The van der Waals surface area contributed by atoms with Crippen molar-refractivity contribution in [3.05, 3.63) is 127 Å². The van der Waals surface area contributed by atoms with Crippen LogP contribution in [0.5, 0.6) is 0 Å². The summed E-state index contributed by atoms with van der Waals surface area (Å²) in [5.74, 6) is 0. The van der Waals surface area contributed by atoms with E-state index in [4.69, 9.17) is 82.3 Å². The molecule has 4 rings (SSSR count). The first-order chi connectivity index (χ1) is 16.3. The van der Waals surface area contributed by atoms with Crippen LogP contribution in [0.4, 0.5) is 11.4 Å². The number of rotatable bonds is 7. The van der Waals surface area contributed by atoms with E-state index < -0.39 is 12.1 Å². The maximum atomic E-state index is 6.38. The van der Waals surface area contributed by atoms with Crippen LogP contribution in [-0.4, -0.2) is 0 Å². The zero-order valence-corrected chi connectivity index (χ0v) is 23.4. The third-order valence-electron chi connectivity index (χ3n) is 5.04. The first-order valence-corrected chi connectivity index (χ1v) is 12.5. The Bertz CT molecular complexity index is 1180. The molecule has 2 atom stereocenters. The second kappa shape index (κ2) is 12.7. The van der Waals surface area contributed by atoms with Crippen molar-refractivity contribution in [3.63, 3.8) is 0 Å². The first kappa shape index (κ1) is 28.1. The van der Waals surface area contributed by atoms with Crippen LogP contribution in [0.15, 0.2) is 94.7 Å². The maximum Gasteiger partial charge on any atom is 0.0423 e. The molecule has 9 heteroatoms. The third kappa shape index (κ3) is 7.30. The Labute approximate surface area is 246 Å². The van der Waals surface area contributed by atoms with Crippen LogP contribution in [0.2, 0.25) is 20.1 Å². The van der Waals surface area contributed by atoms with Gasteiger partial charge >= 0.3 is 0 Å². The molecule has 2 nitrogen and oxygen atoms in total. The number of nitrogens with zero attached hydrogens (tertiary/aromatic N) is 2. The Balaban J connectivity index is 0.00000342. The van der Waals surface area contributed by atoms with Gasteiger partial charge in [-0.3, -0.25) is 0 Å². The SMILES string of the molecule is [Ni].[S-]c1ccccc1[N-]C(c1cc(Cl)cc(Cl)c1)C([N-]c1ccccc1[S-])c1cc(Cl)cc(Cl)c1. The monoisotopic (exact) mass is 618 g/mol. The molecule has 0 radical (unpaired) electrons. The fourth-order valence-corrected chi connectivity index (χ4v) is 5.06. The molecular weight excluding hydrogens is 605 g/mol. The minimum atomic E-state index is -0.551. The van der Waals surface area contributed by atoms with Gasteiger partial charge < -0.3 is 35.9 Å². The van der Waals surface area contributed by atoms with Gasteiger partial charge in [0.05, 0.1) is 0 Å². The van der Waals surface area contributed by atoms with E-state index in [1.54, 1.807) is 12.1 Å². The topological polar surface area (TPSA) is 28.2 Å². The Kier molecular flexibility index (Phi) is 10.2. The summed E-state index contributed by atoms with van der Waals surface area (Å²) in [5.41, 5.74) is 2.84. The molecule has 0 saturated heterocycles. The Morgan fingerprint density at radius 3 is 1.14 bits per heavy atom. The zero-order valence-electron chi connectivity index (χ0n) is 17.8. The zero-order chi connectivity index (χ0) is 24.2. The molecule has 4 aromatic rings. The molecule has 0 bridgehead atoms. The molecule has 0 spiro atoms. The van der Waals surface area contributed by atoms with Gasteiger partial charge in [0.1, 0.15) is 0 Å². The van der Waals surface area contributed by atoms with Gasteiger partial charge in [-0.15, -0.1) is 12.1 Å². The van der Waals surface area contributed by atoms with Crippen LogP contribution in [0, 0.1) is 0 Å². The van der Waals surface area contributed by atoms with E-state index in [0.29, 0.717) is 41.3 Å². The normalized spacial score (nSPS) is 12.3. The summed E-state index contributed by atoms with van der Waals surface area (Å²) < 4.78 is 0. The summed E-state index contributed by atoms with van der Waals surface area (Å²) in [6.07, 6.45) is 0. The molecule has 2 unspecified atom stereocenters. The third-order valence-corrected chi connectivity index (χ3v) is 6.60. The summed E-state index contributed by atoms with van der Waals surface area (Å²) in [4.78, 5) is 1.24. The molecule has 0 heterocycles. The van der Waals surface area contributed by atoms with Crippen molar-refractivity contribution in [2.75, 3.05) is 0 Å². The van der Waals surface area contributed by atoms with Gasteiger partial charge in [-0.05, 0) is 36.4 Å². The fraction of sp³-hybridized carbons (Fsp3) is 0.0769. The average molecular weight is 621 g/mol. The molecule has 4 aromatic carbocycles. The summed E-state index contributed by atoms with van der Waals surface area (Å²) >= 11 is 36.6. The van der Waals surface area contributed by atoms with Gasteiger partial charge in [0, 0.05) is 36.6 Å². The Hall–Kier alpha value is -1.43. The standard InChI is InChI=1S/C26H18Cl4N2S2.Ni/c27-17-9-15(10-18(28)13-17)25(31-21-5-1-3-7-23(21)33)26(16-11-19(29)14-20(30)12-16)32-22-6-2-4-8-24(22)34;/h1-14,25-26,33-34H;/q-2;/p-2. The van der Waals surface area contributed by atoms with Crippen LogP contribution in [0.3, 0.4) is 0 Å². The summed E-state index contributed by atoms with van der Waals surface area (Å²) in [6.45, 7) is 0. The molecule has 0 aliphatic heterocycles. The van der Waals surface area contributed by atoms with Crippen molar-refractivity contribution in [2.24, 2.45) is 0 Å². The second-order valence-corrected chi connectivity index (χ2v) is 10.1. The van der Waals surface area contributed by atoms with Crippen LogP contribution in [0.25, 0.3) is 10.6 Å². The second-order valence-electron chi connectivity index (χ2n) is 7.49. The van der Waals surface area contributed by atoms with Crippen LogP contribution >= 0.6 is 46.4 Å². The smallest absolute Gasteiger partial charge is 0.0423 e. The van der Waals surface area contributed by atoms with Crippen molar-refractivity contribution in [2.45, 2.75) is 21.9 Å². The van der Waals surface area contributed by atoms with Crippen LogP contribution < -0.4 is 0 Å². The quantitative estimate of drug-likeness (QED) is 0.152. The van der Waals surface area contributed by atoms with Crippen molar-refractivity contribution in [1.82, 2.24) is 0 Å². The van der Waals surface area contributed by atoms with Crippen LogP contribution in [0.1, 0.15) is 23.2 Å². The molecule has 0 aliphatic carbocycles. The molecule has 0 fully saturated rings. The van der Waals surface area contributed by atoms with Gasteiger partial charge in [-0.2, -0.15) is 21.2 Å².